The SMILES string of the molecule is CC(C)CC(O[SiH2]c1ccco1)C(C)C. The molecule has 0 amide bonds. The maximum atomic E-state index is 6.00. The Morgan fingerprint density at radius 3 is 2.53 bits per heavy atom. The highest BCUT2D eigenvalue weighted by Gasteiger charge is 2.15. The van der Waals surface area contributed by atoms with E-state index in [1.54, 1.807) is 6.26 Å². The molecule has 0 aromatic carbocycles. The molecule has 2 nitrogen and oxygen atoms in total. The molecular formula is C12H22O2Si. The molecule has 0 radical (unpaired) electrons. The van der Waals surface area contributed by atoms with Crippen molar-refractivity contribution in [1.29, 1.82) is 0 Å². The normalized spacial score (nSPS) is 14.5. The Balaban J connectivity index is 2.38. The summed E-state index contributed by atoms with van der Waals surface area (Å²) in [6.45, 7) is 8.94. The third kappa shape index (κ3) is 4.67. The maximum absolute atomic E-state index is 6.00. The molecule has 0 saturated heterocycles. The zero-order valence-electron chi connectivity index (χ0n) is 10.2. The van der Waals surface area contributed by atoms with E-state index in [4.69, 9.17) is 8.84 Å². The largest absolute Gasteiger partial charge is 0.472 e. The van der Waals surface area contributed by atoms with Crippen molar-refractivity contribution in [3.05, 3.63) is 18.4 Å². The predicted octanol–water partition coefficient (Wildman–Crippen LogP) is 2.08. The highest BCUT2D eigenvalue weighted by molar-refractivity contribution is 6.45. The molecule has 0 aliphatic carbocycles. The van der Waals surface area contributed by atoms with E-state index in [2.05, 4.69) is 27.7 Å². The predicted molar refractivity (Wildman–Crippen MR) is 66.1 cm³/mol. The van der Waals surface area contributed by atoms with Gasteiger partial charge in [-0.05, 0) is 30.4 Å². The fourth-order valence-corrected chi connectivity index (χ4v) is 2.88. The van der Waals surface area contributed by atoms with E-state index >= 15 is 0 Å². The topological polar surface area (TPSA) is 22.4 Å². The lowest BCUT2D eigenvalue weighted by molar-refractivity contribution is 0.135. The van der Waals surface area contributed by atoms with Crippen LogP contribution in [0.2, 0.25) is 0 Å². The van der Waals surface area contributed by atoms with Crippen LogP contribution >= 0.6 is 0 Å². The van der Waals surface area contributed by atoms with Gasteiger partial charge >= 0.3 is 0 Å². The van der Waals surface area contributed by atoms with Gasteiger partial charge in [0.2, 0.25) is 9.76 Å². The van der Waals surface area contributed by atoms with Crippen molar-refractivity contribution in [3.8, 4) is 0 Å². The smallest absolute Gasteiger partial charge is 0.234 e. The molecule has 15 heavy (non-hydrogen) atoms. The van der Waals surface area contributed by atoms with E-state index in [1.165, 1.54) is 0 Å². The van der Waals surface area contributed by atoms with Crippen LogP contribution in [0.3, 0.4) is 0 Å². The van der Waals surface area contributed by atoms with Crippen LogP contribution in [-0.2, 0) is 4.43 Å². The van der Waals surface area contributed by atoms with E-state index < -0.39 is 9.76 Å². The Kier molecular flexibility index (Phi) is 5.12. The molecule has 0 aliphatic heterocycles. The lowest BCUT2D eigenvalue weighted by Gasteiger charge is -2.23. The fourth-order valence-electron chi connectivity index (χ4n) is 1.58. The van der Waals surface area contributed by atoms with Crippen molar-refractivity contribution in [2.45, 2.75) is 40.2 Å². The minimum atomic E-state index is -0.669. The van der Waals surface area contributed by atoms with Gasteiger partial charge in [0.15, 0.2) is 0 Å². The minimum absolute atomic E-state index is 0.391. The van der Waals surface area contributed by atoms with Crippen molar-refractivity contribution < 1.29 is 8.84 Å². The molecule has 0 saturated carbocycles. The monoisotopic (exact) mass is 226 g/mol. The van der Waals surface area contributed by atoms with Gasteiger partial charge < -0.3 is 8.84 Å². The summed E-state index contributed by atoms with van der Waals surface area (Å²) < 4.78 is 11.3. The minimum Gasteiger partial charge on any atom is -0.472 e. The second kappa shape index (κ2) is 6.13. The van der Waals surface area contributed by atoms with Crippen LogP contribution in [0.15, 0.2) is 22.8 Å². The quantitative estimate of drug-likeness (QED) is 0.693. The summed E-state index contributed by atoms with van der Waals surface area (Å²) in [6.07, 6.45) is 3.26. The van der Waals surface area contributed by atoms with Gasteiger partial charge in [0.1, 0.15) is 5.38 Å². The zero-order valence-corrected chi connectivity index (χ0v) is 11.6. The van der Waals surface area contributed by atoms with Gasteiger partial charge in [-0.15, -0.1) is 0 Å². The average Bonchev–Trinajstić information content (AvgIpc) is 2.63. The molecule has 1 atom stereocenters. The van der Waals surface area contributed by atoms with Gasteiger partial charge in [-0.2, -0.15) is 0 Å². The van der Waals surface area contributed by atoms with Gasteiger partial charge in [0.25, 0.3) is 0 Å². The molecule has 1 aromatic heterocycles. The third-order valence-corrected chi connectivity index (χ3v) is 3.75. The van der Waals surface area contributed by atoms with E-state index in [-0.39, 0.29) is 0 Å². The molecule has 0 spiro atoms. The van der Waals surface area contributed by atoms with Crippen LogP contribution in [-0.4, -0.2) is 15.9 Å². The number of furan rings is 1. The first-order chi connectivity index (χ1) is 7.09. The Morgan fingerprint density at radius 1 is 1.33 bits per heavy atom. The third-order valence-electron chi connectivity index (χ3n) is 2.47. The first-order valence-corrected chi connectivity index (χ1v) is 7.02. The van der Waals surface area contributed by atoms with Crippen LogP contribution in [0.1, 0.15) is 34.1 Å². The van der Waals surface area contributed by atoms with Gasteiger partial charge in [0.05, 0.1) is 6.26 Å². The van der Waals surface area contributed by atoms with Gasteiger partial charge in [-0.25, -0.2) is 0 Å². The number of rotatable bonds is 6. The van der Waals surface area contributed by atoms with Gasteiger partial charge in [-0.3, -0.25) is 0 Å². The van der Waals surface area contributed by atoms with Crippen LogP contribution in [0.25, 0.3) is 0 Å². The molecule has 1 rings (SSSR count). The van der Waals surface area contributed by atoms with Gasteiger partial charge in [0, 0.05) is 6.10 Å². The van der Waals surface area contributed by atoms with Crippen LogP contribution in [0.5, 0.6) is 0 Å². The summed E-state index contributed by atoms with van der Waals surface area (Å²) in [7, 11) is -0.669. The van der Waals surface area contributed by atoms with Crippen molar-refractivity contribution in [3.63, 3.8) is 0 Å². The van der Waals surface area contributed by atoms with Crippen LogP contribution in [0.4, 0.5) is 0 Å². The molecule has 86 valence electrons. The molecule has 1 unspecified atom stereocenters. The summed E-state index contributed by atoms with van der Waals surface area (Å²) >= 11 is 0. The second-order valence-corrected chi connectivity index (χ2v) is 6.12. The molecule has 1 heterocycles. The van der Waals surface area contributed by atoms with Crippen molar-refractivity contribution in [2.24, 2.45) is 11.8 Å². The average molecular weight is 226 g/mol. The number of hydrogen-bond acceptors (Lipinski definition) is 2. The molecule has 0 fully saturated rings. The first kappa shape index (κ1) is 12.5. The molecule has 0 bridgehead atoms. The van der Waals surface area contributed by atoms with E-state index in [1.807, 2.05) is 12.1 Å². The second-order valence-electron chi connectivity index (χ2n) is 4.80. The Labute approximate surface area is 95.0 Å². The standard InChI is InChI=1S/C12H22O2Si/c1-9(2)8-11(10(3)4)14-15-12-6-5-7-13-12/h5-7,9-11H,8,15H2,1-4H3. The summed E-state index contributed by atoms with van der Waals surface area (Å²) in [6, 6.07) is 3.94. The van der Waals surface area contributed by atoms with E-state index in [0.717, 1.165) is 11.8 Å². The molecule has 0 aliphatic rings. The number of hydrogen-bond donors (Lipinski definition) is 0. The first-order valence-electron chi connectivity index (χ1n) is 5.73. The summed E-state index contributed by atoms with van der Waals surface area (Å²) in [5.41, 5.74) is 0. The van der Waals surface area contributed by atoms with E-state index in [9.17, 15) is 0 Å². The fraction of sp³-hybridized carbons (Fsp3) is 0.667. The van der Waals surface area contributed by atoms with Crippen LogP contribution < -0.4 is 5.38 Å². The van der Waals surface area contributed by atoms with Crippen molar-refractivity contribution in [1.82, 2.24) is 0 Å². The summed E-state index contributed by atoms with van der Waals surface area (Å²) in [4.78, 5) is 0. The van der Waals surface area contributed by atoms with Crippen molar-refractivity contribution >= 4 is 15.1 Å². The lowest BCUT2D eigenvalue weighted by Crippen LogP contribution is -2.28. The Hall–Kier alpha value is -0.543. The summed E-state index contributed by atoms with van der Waals surface area (Å²) in [5, 5.41) is 1.05. The highest BCUT2D eigenvalue weighted by atomic mass is 28.2. The van der Waals surface area contributed by atoms with Crippen LogP contribution in [0, 0.1) is 11.8 Å². The van der Waals surface area contributed by atoms with Gasteiger partial charge in [-0.1, -0.05) is 27.7 Å². The molecule has 1 aromatic rings. The Bertz CT molecular complexity index is 255. The maximum Gasteiger partial charge on any atom is 0.234 e. The zero-order chi connectivity index (χ0) is 11.3. The highest BCUT2D eigenvalue weighted by Crippen LogP contribution is 2.15. The molecule has 3 heteroatoms. The lowest BCUT2D eigenvalue weighted by atomic mass is 9.98. The molecular weight excluding hydrogens is 204 g/mol. The molecule has 0 N–H and O–H groups in total. The summed E-state index contributed by atoms with van der Waals surface area (Å²) in [5.74, 6) is 1.29. The van der Waals surface area contributed by atoms with E-state index in [0.29, 0.717) is 17.9 Å². The Morgan fingerprint density at radius 2 is 2.07 bits per heavy atom. The van der Waals surface area contributed by atoms with Crippen molar-refractivity contribution in [2.75, 3.05) is 0 Å².